The van der Waals surface area contributed by atoms with E-state index in [9.17, 15) is 18.0 Å². The summed E-state index contributed by atoms with van der Waals surface area (Å²) < 4.78 is 26.2. The number of anilines is 1. The number of rotatable bonds is 11. The average molecular weight is 583 g/mol. The van der Waals surface area contributed by atoms with Crippen LogP contribution < -0.4 is 9.62 Å². The molecular weight excluding hydrogens is 556 g/mol. The summed E-state index contributed by atoms with van der Waals surface area (Å²) in [4.78, 5) is 27.9. The van der Waals surface area contributed by atoms with Crippen LogP contribution in [0, 0.1) is 0 Å². The lowest BCUT2D eigenvalue weighted by Gasteiger charge is -2.33. The first-order chi connectivity index (χ1) is 16.4. The Morgan fingerprint density at radius 2 is 1.57 bits per heavy atom. The Morgan fingerprint density at radius 1 is 0.971 bits per heavy atom. The first kappa shape index (κ1) is 29.5. The topological polar surface area (TPSA) is 86.8 Å². The van der Waals surface area contributed by atoms with Gasteiger partial charge in [-0.1, -0.05) is 66.3 Å². The van der Waals surface area contributed by atoms with E-state index in [2.05, 4.69) is 5.32 Å². The molecule has 12 heteroatoms. The first-order valence-electron chi connectivity index (χ1n) is 10.8. The Kier molecular flexibility index (Phi) is 11.0. The third kappa shape index (κ3) is 8.15. The summed E-state index contributed by atoms with van der Waals surface area (Å²) in [7, 11) is -3.92. The molecule has 0 aliphatic heterocycles. The number of carbonyl (C=O) groups excluding carboxylic acids is 2. The van der Waals surface area contributed by atoms with Crippen molar-refractivity contribution in [2.45, 2.75) is 39.3 Å². The molecule has 0 bridgehead atoms. The molecular formula is C23H27Cl4N3O4S. The molecule has 2 aromatic carbocycles. The van der Waals surface area contributed by atoms with E-state index < -0.39 is 28.5 Å². The van der Waals surface area contributed by atoms with E-state index >= 15 is 0 Å². The number of nitrogens with zero attached hydrogens (tertiary/aromatic N) is 2. The molecule has 2 amide bonds. The summed E-state index contributed by atoms with van der Waals surface area (Å²) in [6.07, 6.45) is 1.99. The quantitative estimate of drug-likeness (QED) is 0.384. The van der Waals surface area contributed by atoms with Crippen molar-refractivity contribution in [2.75, 3.05) is 23.7 Å². The van der Waals surface area contributed by atoms with Gasteiger partial charge in [-0.2, -0.15) is 0 Å². The zero-order chi connectivity index (χ0) is 26.3. The van der Waals surface area contributed by atoms with E-state index in [-0.39, 0.29) is 23.2 Å². The standard InChI is InChI=1S/C23H27Cl4N3O4S/c1-4-10-28-23(32)20(5-2)29(13-15-6-7-16(24)11-18(15)26)22(31)14-30(35(3,33)34)21-9-8-17(25)12-19(21)27/h6-9,11-12,20H,4-5,10,13-14H2,1-3H3,(H,28,32)/t20-/m1/s1. The predicted octanol–water partition coefficient (Wildman–Crippen LogP) is 5.40. The minimum absolute atomic E-state index is 0.0289. The number of benzene rings is 2. The smallest absolute Gasteiger partial charge is 0.244 e. The Labute approximate surface area is 226 Å². The minimum atomic E-state index is -3.92. The van der Waals surface area contributed by atoms with Gasteiger partial charge < -0.3 is 10.2 Å². The Balaban J connectivity index is 2.49. The summed E-state index contributed by atoms with van der Waals surface area (Å²) in [6.45, 7) is 3.51. The van der Waals surface area contributed by atoms with Gasteiger partial charge >= 0.3 is 0 Å². The van der Waals surface area contributed by atoms with Crippen LogP contribution in [0.25, 0.3) is 0 Å². The molecule has 2 rings (SSSR count). The molecule has 0 aliphatic carbocycles. The second kappa shape index (κ2) is 13.0. The summed E-state index contributed by atoms with van der Waals surface area (Å²) >= 11 is 24.5. The molecule has 2 aromatic rings. The van der Waals surface area contributed by atoms with E-state index in [0.717, 1.165) is 17.0 Å². The first-order valence-corrected chi connectivity index (χ1v) is 14.2. The van der Waals surface area contributed by atoms with Crippen LogP contribution in [0.1, 0.15) is 32.3 Å². The summed E-state index contributed by atoms with van der Waals surface area (Å²) in [5.41, 5.74) is 0.654. The number of sulfonamides is 1. The molecule has 7 nitrogen and oxygen atoms in total. The van der Waals surface area contributed by atoms with E-state index in [1.54, 1.807) is 19.1 Å². The van der Waals surface area contributed by atoms with Crippen LogP contribution in [0.3, 0.4) is 0 Å². The number of carbonyl (C=O) groups is 2. The van der Waals surface area contributed by atoms with Crippen LogP contribution >= 0.6 is 46.4 Å². The van der Waals surface area contributed by atoms with Gasteiger partial charge in [-0.25, -0.2) is 8.42 Å². The van der Waals surface area contributed by atoms with Crippen molar-refractivity contribution < 1.29 is 18.0 Å². The highest BCUT2D eigenvalue weighted by Crippen LogP contribution is 2.31. The summed E-state index contributed by atoms with van der Waals surface area (Å²) in [5.74, 6) is -0.950. The number of halogens is 4. The van der Waals surface area contributed by atoms with Crippen molar-refractivity contribution in [3.8, 4) is 0 Å². The number of nitrogens with one attached hydrogen (secondary N) is 1. The second-order valence-corrected chi connectivity index (χ2v) is 11.4. The van der Waals surface area contributed by atoms with Crippen molar-refractivity contribution in [1.82, 2.24) is 10.2 Å². The summed E-state index contributed by atoms with van der Waals surface area (Å²) in [6, 6.07) is 8.25. The maximum Gasteiger partial charge on any atom is 0.244 e. The lowest BCUT2D eigenvalue weighted by molar-refractivity contribution is -0.140. The largest absolute Gasteiger partial charge is 0.354 e. The zero-order valence-corrected chi connectivity index (χ0v) is 23.4. The lowest BCUT2D eigenvalue weighted by Crippen LogP contribution is -2.52. The fraction of sp³-hybridized carbons (Fsp3) is 0.391. The van der Waals surface area contributed by atoms with E-state index in [1.165, 1.54) is 29.2 Å². The van der Waals surface area contributed by atoms with Gasteiger partial charge in [-0.3, -0.25) is 13.9 Å². The maximum atomic E-state index is 13.6. The molecule has 1 N–H and O–H groups in total. The van der Waals surface area contributed by atoms with Gasteiger partial charge in [0.25, 0.3) is 0 Å². The van der Waals surface area contributed by atoms with Gasteiger partial charge in [0.05, 0.1) is 17.0 Å². The molecule has 0 spiro atoms. The monoisotopic (exact) mass is 581 g/mol. The van der Waals surface area contributed by atoms with Crippen LogP contribution in [-0.2, 0) is 26.2 Å². The van der Waals surface area contributed by atoms with Crippen LogP contribution in [0.5, 0.6) is 0 Å². The van der Waals surface area contributed by atoms with Gasteiger partial charge in [0.1, 0.15) is 12.6 Å². The van der Waals surface area contributed by atoms with Gasteiger partial charge in [-0.05, 0) is 48.7 Å². The fourth-order valence-electron chi connectivity index (χ4n) is 3.40. The second-order valence-electron chi connectivity index (χ2n) is 7.84. The number of hydrogen-bond donors (Lipinski definition) is 1. The Bertz CT molecular complexity index is 1180. The highest BCUT2D eigenvalue weighted by Gasteiger charge is 2.32. The average Bonchev–Trinajstić information content (AvgIpc) is 2.77. The van der Waals surface area contributed by atoms with E-state index in [4.69, 9.17) is 46.4 Å². The molecule has 1 atom stereocenters. The van der Waals surface area contributed by atoms with Gasteiger partial charge in [-0.15, -0.1) is 0 Å². The van der Waals surface area contributed by atoms with Crippen molar-refractivity contribution in [2.24, 2.45) is 0 Å². The van der Waals surface area contributed by atoms with Crippen LogP contribution in [-0.4, -0.2) is 50.5 Å². The predicted molar refractivity (Wildman–Crippen MR) is 143 cm³/mol. The van der Waals surface area contributed by atoms with Crippen molar-refractivity contribution in [3.05, 3.63) is 62.1 Å². The van der Waals surface area contributed by atoms with Gasteiger partial charge in [0.2, 0.25) is 21.8 Å². The SMILES string of the molecule is CCCNC(=O)[C@@H](CC)N(Cc1ccc(Cl)cc1Cl)C(=O)CN(c1ccc(Cl)cc1Cl)S(C)(=O)=O. The lowest BCUT2D eigenvalue weighted by atomic mass is 10.1. The van der Waals surface area contributed by atoms with Gasteiger partial charge in [0.15, 0.2) is 0 Å². The van der Waals surface area contributed by atoms with Crippen molar-refractivity contribution in [3.63, 3.8) is 0 Å². The third-order valence-electron chi connectivity index (χ3n) is 5.15. The molecule has 0 unspecified atom stereocenters. The molecule has 0 fully saturated rings. The molecule has 35 heavy (non-hydrogen) atoms. The molecule has 0 heterocycles. The highest BCUT2D eigenvalue weighted by molar-refractivity contribution is 7.92. The normalized spacial score (nSPS) is 12.2. The van der Waals surface area contributed by atoms with E-state index in [1.807, 2.05) is 6.92 Å². The van der Waals surface area contributed by atoms with Crippen molar-refractivity contribution >= 4 is 73.9 Å². The third-order valence-corrected chi connectivity index (χ3v) is 7.40. The molecule has 192 valence electrons. The number of amides is 2. The van der Waals surface area contributed by atoms with E-state index in [0.29, 0.717) is 33.6 Å². The fourth-order valence-corrected chi connectivity index (χ4v) is 5.29. The molecule has 0 radical (unpaired) electrons. The van der Waals surface area contributed by atoms with Gasteiger partial charge in [0, 0.05) is 28.2 Å². The van der Waals surface area contributed by atoms with Crippen LogP contribution in [0.15, 0.2) is 36.4 Å². The minimum Gasteiger partial charge on any atom is -0.354 e. The summed E-state index contributed by atoms with van der Waals surface area (Å²) in [5, 5.41) is 3.93. The highest BCUT2D eigenvalue weighted by atomic mass is 35.5. The van der Waals surface area contributed by atoms with Crippen LogP contribution in [0.2, 0.25) is 20.1 Å². The Hall–Kier alpha value is -1.71. The molecule has 0 saturated carbocycles. The molecule has 0 saturated heterocycles. The zero-order valence-electron chi connectivity index (χ0n) is 19.5. The number of hydrogen-bond acceptors (Lipinski definition) is 4. The molecule has 0 aromatic heterocycles. The van der Waals surface area contributed by atoms with Crippen LogP contribution in [0.4, 0.5) is 5.69 Å². The maximum absolute atomic E-state index is 13.6. The Morgan fingerprint density at radius 3 is 2.09 bits per heavy atom. The van der Waals surface area contributed by atoms with Crippen molar-refractivity contribution in [1.29, 1.82) is 0 Å². The molecule has 0 aliphatic rings.